The van der Waals surface area contributed by atoms with Gasteiger partial charge in [0.25, 0.3) is 5.91 Å². The highest BCUT2D eigenvalue weighted by molar-refractivity contribution is 6.32. The Hall–Kier alpha value is -3.87. The highest BCUT2D eigenvalue weighted by atomic mass is 35.5. The lowest BCUT2D eigenvalue weighted by Gasteiger charge is -2.18. The number of nitrogens with one attached hydrogen (secondary N) is 1. The van der Waals surface area contributed by atoms with Gasteiger partial charge in [-0.1, -0.05) is 54.1 Å². The molecular formula is C31H32ClN3O3. The normalized spacial score (nSPS) is 11.4. The van der Waals surface area contributed by atoms with E-state index in [2.05, 4.69) is 54.5 Å². The van der Waals surface area contributed by atoms with Crippen molar-refractivity contribution in [3.63, 3.8) is 0 Å². The topological polar surface area (TPSA) is 74.2 Å². The van der Waals surface area contributed by atoms with Gasteiger partial charge < -0.3 is 14.7 Å². The first-order valence-electron chi connectivity index (χ1n) is 12.5. The number of benzene rings is 4. The summed E-state index contributed by atoms with van der Waals surface area (Å²) in [5.41, 5.74) is 7.67. The first-order valence-corrected chi connectivity index (χ1v) is 12.9. The van der Waals surface area contributed by atoms with Crippen molar-refractivity contribution in [2.24, 2.45) is 5.10 Å². The molecule has 0 saturated carbocycles. The van der Waals surface area contributed by atoms with Crippen LogP contribution in [0.15, 0.2) is 77.9 Å². The van der Waals surface area contributed by atoms with Crippen LogP contribution in [0.3, 0.4) is 0 Å². The number of rotatable bonds is 10. The molecule has 0 atom stereocenters. The fourth-order valence-corrected chi connectivity index (χ4v) is 4.29. The largest absolute Gasteiger partial charge is 0.506 e. The summed E-state index contributed by atoms with van der Waals surface area (Å²) in [4.78, 5) is 14.6. The van der Waals surface area contributed by atoms with E-state index in [-0.39, 0.29) is 10.8 Å². The van der Waals surface area contributed by atoms with Crippen LogP contribution < -0.4 is 10.2 Å². The van der Waals surface area contributed by atoms with E-state index in [9.17, 15) is 9.90 Å². The Labute approximate surface area is 228 Å². The molecule has 7 heteroatoms. The van der Waals surface area contributed by atoms with Crippen molar-refractivity contribution >= 4 is 34.5 Å². The van der Waals surface area contributed by atoms with Crippen molar-refractivity contribution < 1.29 is 14.6 Å². The van der Waals surface area contributed by atoms with Crippen LogP contribution in [0.2, 0.25) is 5.02 Å². The van der Waals surface area contributed by atoms with Crippen LogP contribution in [-0.2, 0) is 6.42 Å². The van der Waals surface area contributed by atoms with Crippen molar-refractivity contribution in [3.05, 3.63) is 106 Å². The number of ether oxygens (including phenoxy) is 1. The molecule has 1 amide bonds. The zero-order valence-electron chi connectivity index (χ0n) is 21.9. The highest BCUT2D eigenvalue weighted by Gasteiger charge is 2.09. The molecular weight excluding hydrogens is 498 g/mol. The van der Waals surface area contributed by atoms with Crippen LogP contribution in [0.5, 0.6) is 11.5 Å². The number of aromatic hydroxyl groups is 1. The van der Waals surface area contributed by atoms with Gasteiger partial charge in [-0.05, 0) is 79.7 Å². The van der Waals surface area contributed by atoms with E-state index in [0.717, 1.165) is 41.6 Å². The number of likely N-dealkylation sites (N-methyl/N-ethyl adjacent to an activating group) is 1. The number of carbonyl (C=O) groups is 1. The van der Waals surface area contributed by atoms with Crippen LogP contribution in [0.1, 0.15) is 32.6 Å². The Morgan fingerprint density at radius 3 is 2.55 bits per heavy atom. The number of amides is 1. The standard InChI is InChI=1S/C31H32ClN3O3/c1-21-8-9-23(18-22(21)2)14-15-35(3)16-17-38-30-13-11-25(26-6-4-5-7-27(26)30)20-33-34-31(37)24-10-12-29(36)28(32)19-24/h4-13,18-20,36H,14-17H2,1-3H3,(H,34,37)/b33-20-. The molecule has 4 aromatic rings. The summed E-state index contributed by atoms with van der Waals surface area (Å²) in [7, 11) is 2.11. The number of aryl methyl sites for hydroxylation is 2. The number of carbonyl (C=O) groups excluding carboxylic acids is 1. The van der Waals surface area contributed by atoms with Crippen molar-refractivity contribution in [1.29, 1.82) is 0 Å². The van der Waals surface area contributed by atoms with E-state index in [0.29, 0.717) is 12.2 Å². The van der Waals surface area contributed by atoms with Gasteiger partial charge >= 0.3 is 0 Å². The summed E-state index contributed by atoms with van der Waals surface area (Å²) in [6.45, 7) is 6.65. The number of phenols is 1. The lowest BCUT2D eigenvalue weighted by molar-refractivity contribution is 0.0955. The second-order valence-electron chi connectivity index (χ2n) is 9.38. The fraction of sp³-hybridized carbons (Fsp3) is 0.226. The first kappa shape index (κ1) is 27.2. The third kappa shape index (κ3) is 6.91. The van der Waals surface area contributed by atoms with Gasteiger partial charge in [0.05, 0.1) is 11.2 Å². The van der Waals surface area contributed by atoms with E-state index in [1.54, 1.807) is 6.21 Å². The van der Waals surface area contributed by atoms with E-state index < -0.39 is 5.91 Å². The second-order valence-corrected chi connectivity index (χ2v) is 9.79. The number of hydrogen-bond acceptors (Lipinski definition) is 5. The highest BCUT2D eigenvalue weighted by Crippen LogP contribution is 2.28. The first-order chi connectivity index (χ1) is 18.3. The van der Waals surface area contributed by atoms with Crippen LogP contribution in [0.4, 0.5) is 0 Å². The van der Waals surface area contributed by atoms with Crippen LogP contribution >= 0.6 is 11.6 Å². The Kier molecular flexibility index (Phi) is 9.00. The van der Waals surface area contributed by atoms with Gasteiger partial charge in [-0.25, -0.2) is 5.43 Å². The molecule has 0 spiro atoms. The average Bonchev–Trinajstić information content (AvgIpc) is 2.91. The molecule has 0 aromatic heterocycles. The maximum atomic E-state index is 12.4. The van der Waals surface area contributed by atoms with Gasteiger partial charge in [0, 0.05) is 29.6 Å². The average molecular weight is 530 g/mol. The van der Waals surface area contributed by atoms with Crippen LogP contribution in [-0.4, -0.2) is 48.9 Å². The van der Waals surface area contributed by atoms with Crippen molar-refractivity contribution in [2.45, 2.75) is 20.3 Å². The van der Waals surface area contributed by atoms with Crippen molar-refractivity contribution in [2.75, 3.05) is 26.7 Å². The maximum absolute atomic E-state index is 12.4. The number of halogens is 1. The van der Waals surface area contributed by atoms with Gasteiger partial charge in [0.1, 0.15) is 18.1 Å². The van der Waals surface area contributed by atoms with Gasteiger partial charge in [-0.15, -0.1) is 0 Å². The number of phenolic OH excluding ortho intramolecular Hbond substituents is 1. The molecule has 0 aliphatic rings. The quantitative estimate of drug-likeness (QED) is 0.191. The summed E-state index contributed by atoms with van der Waals surface area (Å²) >= 11 is 5.89. The monoisotopic (exact) mass is 529 g/mol. The Morgan fingerprint density at radius 1 is 1.00 bits per heavy atom. The Morgan fingerprint density at radius 2 is 1.79 bits per heavy atom. The Balaban J connectivity index is 1.34. The molecule has 0 aliphatic heterocycles. The number of fused-ring (bicyclic) bond motifs is 1. The SMILES string of the molecule is Cc1ccc(CCN(C)CCOc2ccc(/C=N\NC(=O)c3ccc(O)c(Cl)c3)c3ccccc23)cc1C. The van der Waals surface area contributed by atoms with E-state index in [1.807, 2.05) is 36.4 Å². The predicted octanol–water partition coefficient (Wildman–Crippen LogP) is 6.13. The smallest absolute Gasteiger partial charge is 0.271 e. The van der Waals surface area contributed by atoms with E-state index >= 15 is 0 Å². The third-order valence-corrected chi connectivity index (χ3v) is 6.88. The minimum absolute atomic E-state index is 0.0792. The molecule has 4 rings (SSSR count). The fourth-order valence-electron chi connectivity index (χ4n) is 4.11. The zero-order valence-corrected chi connectivity index (χ0v) is 22.6. The predicted molar refractivity (Wildman–Crippen MR) is 155 cm³/mol. The molecule has 2 N–H and O–H groups in total. The minimum Gasteiger partial charge on any atom is -0.506 e. The molecule has 0 bridgehead atoms. The lowest BCUT2D eigenvalue weighted by atomic mass is 10.0. The number of hydrazone groups is 1. The van der Waals surface area contributed by atoms with Gasteiger partial charge in [0.15, 0.2) is 0 Å². The van der Waals surface area contributed by atoms with Crippen LogP contribution in [0.25, 0.3) is 10.8 Å². The van der Waals surface area contributed by atoms with E-state index in [4.69, 9.17) is 16.3 Å². The van der Waals surface area contributed by atoms with Gasteiger partial charge in [0.2, 0.25) is 0 Å². The number of nitrogens with zero attached hydrogens (tertiary/aromatic N) is 2. The molecule has 4 aromatic carbocycles. The molecule has 0 radical (unpaired) electrons. The molecule has 0 heterocycles. The Bertz CT molecular complexity index is 1470. The summed E-state index contributed by atoms with van der Waals surface area (Å²) in [6.07, 6.45) is 2.61. The van der Waals surface area contributed by atoms with Crippen molar-refractivity contribution in [1.82, 2.24) is 10.3 Å². The molecule has 6 nitrogen and oxygen atoms in total. The third-order valence-electron chi connectivity index (χ3n) is 6.58. The van der Waals surface area contributed by atoms with Gasteiger partial charge in [-0.3, -0.25) is 4.79 Å². The summed E-state index contributed by atoms with van der Waals surface area (Å²) in [5.74, 6) is 0.307. The molecule has 0 unspecified atom stereocenters. The molecule has 0 fully saturated rings. The molecule has 38 heavy (non-hydrogen) atoms. The zero-order chi connectivity index (χ0) is 27.1. The molecule has 196 valence electrons. The van der Waals surface area contributed by atoms with Crippen molar-refractivity contribution in [3.8, 4) is 11.5 Å². The summed E-state index contributed by atoms with van der Waals surface area (Å²) in [5, 5.41) is 15.7. The maximum Gasteiger partial charge on any atom is 0.271 e. The summed E-state index contributed by atoms with van der Waals surface area (Å²) in [6, 6.07) is 22.7. The minimum atomic E-state index is -0.422. The summed E-state index contributed by atoms with van der Waals surface area (Å²) < 4.78 is 6.16. The van der Waals surface area contributed by atoms with Gasteiger partial charge in [-0.2, -0.15) is 5.10 Å². The molecule has 0 saturated heterocycles. The second kappa shape index (κ2) is 12.6. The van der Waals surface area contributed by atoms with E-state index in [1.165, 1.54) is 34.9 Å². The number of hydrogen-bond donors (Lipinski definition) is 2. The van der Waals surface area contributed by atoms with Crippen LogP contribution in [0, 0.1) is 13.8 Å². The molecule has 0 aliphatic carbocycles. The lowest BCUT2D eigenvalue weighted by Crippen LogP contribution is -2.26.